The highest BCUT2D eigenvalue weighted by molar-refractivity contribution is 6.07. The number of aliphatic hydroxyl groups is 1. The molecule has 1 amide bonds. The van der Waals surface area contributed by atoms with Crippen molar-refractivity contribution in [2.75, 3.05) is 4.90 Å². The van der Waals surface area contributed by atoms with E-state index in [0.717, 1.165) is 53.4 Å². The molecule has 2 aromatic carbocycles. The number of nitrogens with zero attached hydrogens (tertiary/aromatic N) is 1. The summed E-state index contributed by atoms with van der Waals surface area (Å²) >= 11 is 0. The third-order valence-electron chi connectivity index (χ3n) is 3.94. The molecule has 4 nitrogen and oxygen atoms in total. The number of rotatable bonds is 3. The highest BCUT2D eigenvalue weighted by atomic mass is 19.4. The monoisotopic (exact) mass is 403 g/mol. The molecule has 0 saturated heterocycles. The number of ether oxygens (including phenoxy) is 1. The summed E-state index contributed by atoms with van der Waals surface area (Å²) < 4.78 is 79.4. The number of hydrogen-bond acceptors (Lipinski definition) is 3. The summed E-state index contributed by atoms with van der Waals surface area (Å²) in [5.41, 5.74) is -0.795. The fraction of sp³-hybridized carbons (Fsp3) is 0.167. The lowest BCUT2D eigenvalue weighted by atomic mass is 10.0. The van der Waals surface area contributed by atoms with Gasteiger partial charge in [-0.3, -0.25) is 9.69 Å². The molecular weight excluding hydrogens is 392 g/mol. The van der Waals surface area contributed by atoms with Crippen molar-refractivity contribution in [1.82, 2.24) is 0 Å². The Labute approximate surface area is 154 Å². The van der Waals surface area contributed by atoms with Crippen molar-refractivity contribution in [3.63, 3.8) is 0 Å². The van der Waals surface area contributed by atoms with E-state index in [0.29, 0.717) is 0 Å². The first-order valence-corrected chi connectivity index (χ1v) is 7.73. The minimum absolute atomic E-state index is 0.0715. The zero-order valence-electron chi connectivity index (χ0n) is 13.8. The van der Waals surface area contributed by atoms with Gasteiger partial charge in [-0.05, 0) is 48.0 Å². The van der Waals surface area contributed by atoms with Crippen LogP contribution in [0.3, 0.4) is 0 Å². The predicted octanol–water partition coefficient (Wildman–Crippen LogP) is 5.13. The van der Waals surface area contributed by atoms with Crippen LogP contribution in [-0.2, 0) is 11.0 Å². The van der Waals surface area contributed by atoms with Gasteiger partial charge in [0.05, 0.1) is 11.6 Å². The average molecular weight is 403 g/mol. The molecule has 1 unspecified atom stereocenters. The lowest BCUT2D eigenvalue weighted by Gasteiger charge is -2.25. The Hall–Kier alpha value is -3.17. The minimum atomic E-state index is -4.90. The van der Waals surface area contributed by atoms with Crippen molar-refractivity contribution >= 4 is 11.6 Å². The van der Waals surface area contributed by atoms with Crippen molar-refractivity contribution in [2.45, 2.75) is 18.6 Å². The number of carbonyl (C=O) groups excluding carboxylic acids is 1. The van der Waals surface area contributed by atoms with Crippen LogP contribution in [0.25, 0.3) is 0 Å². The zero-order valence-corrected chi connectivity index (χ0v) is 13.8. The van der Waals surface area contributed by atoms with Gasteiger partial charge in [0, 0.05) is 5.69 Å². The van der Waals surface area contributed by atoms with Crippen molar-refractivity contribution in [1.29, 1.82) is 0 Å². The molecule has 10 heteroatoms. The molecule has 2 aromatic rings. The zero-order chi connectivity index (χ0) is 20.7. The molecule has 1 aliphatic heterocycles. The van der Waals surface area contributed by atoms with Crippen LogP contribution in [0.15, 0.2) is 60.4 Å². The summed E-state index contributed by atoms with van der Waals surface area (Å²) in [6.45, 7) is 0. The van der Waals surface area contributed by atoms with E-state index in [1.165, 1.54) is 6.07 Å². The van der Waals surface area contributed by atoms with Crippen molar-refractivity contribution in [3.8, 4) is 5.75 Å². The van der Waals surface area contributed by atoms with Crippen LogP contribution >= 0.6 is 0 Å². The second-order valence-electron chi connectivity index (χ2n) is 5.84. The Morgan fingerprint density at radius 1 is 0.964 bits per heavy atom. The van der Waals surface area contributed by atoms with Gasteiger partial charge in [0.15, 0.2) is 5.76 Å². The standard InChI is InChI=1S/C18H11F6NO3/c19-17(20,21)11-3-1-2-10(8-11)14-9-15(26)16(27)25(14)12-4-6-13(7-5-12)28-18(22,23)24/h1-9,14,26H. The van der Waals surface area contributed by atoms with E-state index in [1.54, 1.807) is 0 Å². The summed E-state index contributed by atoms with van der Waals surface area (Å²) in [4.78, 5) is 13.2. The van der Waals surface area contributed by atoms with Gasteiger partial charge in [-0.1, -0.05) is 12.1 Å². The maximum absolute atomic E-state index is 13.0. The number of anilines is 1. The lowest BCUT2D eigenvalue weighted by Crippen LogP contribution is -2.29. The summed E-state index contributed by atoms with van der Waals surface area (Å²) in [7, 11) is 0. The average Bonchev–Trinajstić information content (AvgIpc) is 2.89. The minimum Gasteiger partial charge on any atom is -0.503 e. The highest BCUT2D eigenvalue weighted by Crippen LogP contribution is 2.38. The van der Waals surface area contributed by atoms with Gasteiger partial charge >= 0.3 is 12.5 Å². The van der Waals surface area contributed by atoms with Crippen molar-refractivity contribution < 1.29 is 41.0 Å². The van der Waals surface area contributed by atoms with E-state index >= 15 is 0 Å². The molecule has 0 fully saturated rings. The maximum atomic E-state index is 13.0. The molecule has 0 bridgehead atoms. The fourth-order valence-corrected chi connectivity index (χ4v) is 2.78. The van der Waals surface area contributed by atoms with E-state index < -0.39 is 41.6 Å². The van der Waals surface area contributed by atoms with Gasteiger partial charge in [0.1, 0.15) is 5.75 Å². The quantitative estimate of drug-likeness (QED) is 0.723. The van der Waals surface area contributed by atoms with Crippen LogP contribution in [0.1, 0.15) is 17.2 Å². The summed E-state index contributed by atoms with van der Waals surface area (Å²) in [6.07, 6.45) is -8.44. The van der Waals surface area contributed by atoms with Crippen LogP contribution < -0.4 is 9.64 Å². The lowest BCUT2D eigenvalue weighted by molar-refractivity contribution is -0.274. The molecule has 0 radical (unpaired) electrons. The number of amides is 1. The van der Waals surface area contributed by atoms with E-state index in [4.69, 9.17) is 0 Å². The molecular formula is C18H11F6NO3. The third kappa shape index (κ3) is 4.05. The largest absolute Gasteiger partial charge is 0.573 e. The van der Waals surface area contributed by atoms with Crippen molar-refractivity contribution in [2.24, 2.45) is 0 Å². The first-order valence-electron chi connectivity index (χ1n) is 7.73. The number of carbonyl (C=O) groups is 1. The Bertz CT molecular complexity index is 918. The van der Waals surface area contributed by atoms with E-state index in [2.05, 4.69) is 4.74 Å². The fourth-order valence-electron chi connectivity index (χ4n) is 2.78. The second-order valence-corrected chi connectivity index (χ2v) is 5.84. The molecule has 1 aliphatic rings. The molecule has 148 valence electrons. The Balaban J connectivity index is 1.95. The second kappa shape index (κ2) is 6.77. The highest BCUT2D eigenvalue weighted by Gasteiger charge is 2.37. The molecule has 0 saturated carbocycles. The van der Waals surface area contributed by atoms with Gasteiger partial charge in [0.2, 0.25) is 0 Å². The van der Waals surface area contributed by atoms with Crippen LogP contribution in [0.2, 0.25) is 0 Å². The summed E-state index contributed by atoms with van der Waals surface area (Å²) in [6, 6.07) is 7.30. The van der Waals surface area contributed by atoms with Gasteiger partial charge in [0.25, 0.3) is 5.91 Å². The van der Waals surface area contributed by atoms with Gasteiger partial charge < -0.3 is 9.84 Å². The van der Waals surface area contributed by atoms with Gasteiger partial charge in [-0.2, -0.15) is 13.2 Å². The molecule has 1 N–H and O–H groups in total. The SMILES string of the molecule is O=C1C(O)=CC(c2cccc(C(F)(F)F)c2)N1c1ccc(OC(F)(F)F)cc1. The smallest absolute Gasteiger partial charge is 0.503 e. The van der Waals surface area contributed by atoms with E-state index in [9.17, 15) is 36.2 Å². The number of halogens is 6. The molecule has 0 aromatic heterocycles. The molecule has 28 heavy (non-hydrogen) atoms. The first kappa shape index (κ1) is 19.6. The first-order chi connectivity index (χ1) is 13.0. The third-order valence-corrected chi connectivity index (χ3v) is 3.94. The van der Waals surface area contributed by atoms with Crippen LogP contribution in [0.4, 0.5) is 32.0 Å². The molecule has 3 rings (SSSR count). The Morgan fingerprint density at radius 2 is 1.61 bits per heavy atom. The van der Waals surface area contributed by atoms with Gasteiger partial charge in [-0.15, -0.1) is 13.2 Å². The number of hydrogen-bond donors (Lipinski definition) is 1. The van der Waals surface area contributed by atoms with Crippen LogP contribution in [-0.4, -0.2) is 17.4 Å². The van der Waals surface area contributed by atoms with E-state index in [-0.39, 0.29) is 11.3 Å². The predicted molar refractivity (Wildman–Crippen MR) is 85.5 cm³/mol. The van der Waals surface area contributed by atoms with Gasteiger partial charge in [-0.25, -0.2) is 0 Å². The molecule has 1 heterocycles. The topological polar surface area (TPSA) is 49.8 Å². The Kier molecular flexibility index (Phi) is 4.74. The number of alkyl halides is 6. The van der Waals surface area contributed by atoms with Crippen LogP contribution in [0.5, 0.6) is 5.75 Å². The summed E-state index contributed by atoms with van der Waals surface area (Å²) in [5.74, 6) is -2.11. The molecule has 0 aliphatic carbocycles. The molecule has 1 atom stereocenters. The molecule has 0 spiro atoms. The van der Waals surface area contributed by atoms with Crippen LogP contribution in [0, 0.1) is 0 Å². The maximum Gasteiger partial charge on any atom is 0.573 e. The van der Waals surface area contributed by atoms with Crippen molar-refractivity contribution in [3.05, 3.63) is 71.5 Å². The number of aliphatic hydroxyl groups excluding tert-OH is 1. The Morgan fingerprint density at radius 3 is 2.18 bits per heavy atom. The summed E-state index contributed by atoms with van der Waals surface area (Å²) in [5, 5.41) is 9.77. The van der Waals surface area contributed by atoms with E-state index in [1.807, 2.05) is 0 Å². The normalized spacial score (nSPS) is 17.6. The number of benzene rings is 2.